The van der Waals surface area contributed by atoms with Crippen molar-refractivity contribution in [2.24, 2.45) is 5.92 Å². The number of carbonyl (C=O) groups excluding carboxylic acids is 2. The Kier molecular flexibility index (Phi) is 36.2. The normalized spacial score (nSPS) is 12.0. The molecule has 0 aromatic carbocycles. The van der Waals surface area contributed by atoms with Crippen LogP contribution in [0.1, 0.15) is 136 Å². The van der Waals surface area contributed by atoms with E-state index in [1.807, 2.05) is 6.92 Å². The van der Waals surface area contributed by atoms with Crippen LogP contribution in [0.25, 0.3) is 0 Å². The molecular formula is C36H70O9. The van der Waals surface area contributed by atoms with Crippen LogP contribution in [0.5, 0.6) is 0 Å². The number of unbranched alkanes of at least 4 members (excludes halogenated alkanes) is 13. The van der Waals surface area contributed by atoms with Crippen LogP contribution >= 0.6 is 0 Å². The Morgan fingerprint density at radius 1 is 0.422 bits per heavy atom. The number of rotatable bonds is 37. The number of hydrogen-bond acceptors (Lipinski definition) is 9. The summed E-state index contributed by atoms with van der Waals surface area (Å²) in [5, 5.41) is 0. The lowest BCUT2D eigenvalue weighted by Gasteiger charge is -2.13. The Balaban J connectivity index is 3.24. The van der Waals surface area contributed by atoms with Gasteiger partial charge < -0.3 is 33.2 Å². The molecule has 0 saturated heterocycles. The van der Waals surface area contributed by atoms with Gasteiger partial charge in [-0.15, -0.1) is 0 Å². The van der Waals surface area contributed by atoms with Crippen molar-refractivity contribution >= 4 is 11.9 Å². The molecule has 0 aromatic heterocycles. The molecule has 0 aliphatic rings. The van der Waals surface area contributed by atoms with Gasteiger partial charge in [0.05, 0.1) is 72.0 Å². The highest BCUT2D eigenvalue weighted by Gasteiger charge is 2.16. The summed E-state index contributed by atoms with van der Waals surface area (Å²) in [6, 6.07) is 0. The summed E-state index contributed by atoms with van der Waals surface area (Å²) in [6.45, 7) is 11.5. The molecule has 0 N–H and O–H groups in total. The van der Waals surface area contributed by atoms with E-state index in [4.69, 9.17) is 33.2 Å². The van der Waals surface area contributed by atoms with E-state index >= 15 is 0 Å². The number of ether oxygens (including phenoxy) is 7. The van der Waals surface area contributed by atoms with E-state index in [9.17, 15) is 9.59 Å². The molecule has 0 rings (SSSR count). The largest absolute Gasteiger partial charge is 0.463 e. The van der Waals surface area contributed by atoms with Gasteiger partial charge in [0.1, 0.15) is 13.2 Å². The van der Waals surface area contributed by atoms with Crippen molar-refractivity contribution < 1.29 is 42.7 Å². The van der Waals surface area contributed by atoms with E-state index in [-0.39, 0.29) is 31.1 Å². The van der Waals surface area contributed by atoms with Crippen LogP contribution in [0.2, 0.25) is 0 Å². The summed E-state index contributed by atoms with van der Waals surface area (Å²) in [7, 11) is 0. The van der Waals surface area contributed by atoms with E-state index in [0.29, 0.717) is 72.5 Å². The molecular weight excluding hydrogens is 576 g/mol. The van der Waals surface area contributed by atoms with Crippen molar-refractivity contribution in [2.75, 3.05) is 79.3 Å². The molecule has 0 amide bonds. The van der Waals surface area contributed by atoms with Gasteiger partial charge in [0.15, 0.2) is 0 Å². The van der Waals surface area contributed by atoms with Crippen molar-refractivity contribution in [3.8, 4) is 0 Å². The fourth-order valence-corrected chi connectivity index (χ4v) is 4.81. The highest BCUT2D eigenvalue weighted by Crippen LogP contribution is 2.15. The molecule has 9 nitrogen and oxygen atoms in total. The van der Waals surface area contributed by atoms with E-state index < -0.39 is 0 Å². The Bertz CT molecular complexity index is 617. The zero-order valence-electron chi connectivity index (χ0n) is 29.5. The van der Waals surface area contributed by atoms with Crippen molar-refractivity contribution in [3.63, 3.8) is 0 Å². The second-order valence-corrected chi connectivity index (χ2v) is 11.7. The quantitative estimate of drug-likeness (QED) is 0.0493. The van der Waals surface area contributed by atoms with E-state index in [1.165, 1.54) is 70.6 Å². The Hall–Kier alpha value is -1.26. The van der Waals surface area contributed by atoms with Crippen LogP contribution in [0.3, 0.4) is 0 Å². The molecule has 0 heterocycles. The molecule has 1 atom stereocenters. The van der Waals surface area contributed by atoms with Gasteiger partial charge in [-0.3, -0.25) is 9.59 Å². The molecule has 268 valence electrons. The highest BCUT2D eigenvalue weighted by atomic mass is 16.6. The highest BCUT2D eigenvalue weighted by molar-refractivity contribution is 5.72. The van der Waals surface area contributed by atoms with Gasteiger partial charge in [-0.05, 0) is 19.3 Å². The van der Waals surface area contributed by atoms with Gasteiger partial charge in [-0.1, -0.05) is 111 Å². The third-order valence-corrected chi connectivity index (χ3v) is 7.67. The number of carbonyl (C=O) groups is 2. The van der Waals surface area contributed by atoms with Crippen LogP contribution in [0.4, 0.5) is 0 Å². The van der Waals surface area contributed by atoms with E-state index in [1.54, 1.807) is 0 Å². The standard InChI is InChI=1S/C36H70O9/c1-4-7-9-10-11-12-13-14-15-16-17-18-19-21-35(37)44-32-30-42-28-26-40-24-22-39-23-25-41-27-29-43-31-33-45-36(38)34(6-3)20-8-5-2/h34H,4-33H2,1-3H3. The predicted octanol–water partition coefficient (Wildman–Crippen LogP) is 7.85. The Morgan fingerprint density at radius 3 is 1.18 bits per heavy atom. The number of esters is 2. The molecule has 0 saturated carbocycles. The first-order valence-corrected chi connectivity index (χ1v) is 18.4. The molecule has 9 heteroatoms. The number of hydrogen-bond donors (Lipinski definition) is 0. The monoisotopic (exact) mass is 647 g/mol. The molecule has 0 aliphatic carbocycles. The van der Waals surface area contributed by atoms with Gasteiger partial charge in [0.25, 0.3) is 0 Å². The fourth-order valence-electron chi connectivity index (χ4n) is 4.81. The van der Waals surface area contributed by atoms with Crippen LogP contribution in [-0.4, -0.2) is 91.2 Å². The average Bonchev–Trinajstić information content (AvgIpc) is 3.04. The van der Waals surface area contributed by atoms with Gasteiger partial charge in [0, 0.05) is 6.42 Å². The lowest BCUT2D eigenvalue weighted by Crippen LogP contribution is -2.20. The average molecular weight is 647 g/mol. The Labute approximate surface area is 276 Å². The summed E-state index contributed by atoms with van der Waals surface area (Å²) in [6.07, 6.45) is 21.2. The van der Waals surface area contributed by atoms with Gasteiger partial charge in [-0.25, -0.2) is 0 Å². The van der Waals surface area contributed by atoms with Gasteiger partial charge in [0.2, 0.25) is 0 Å². The zero-order valence-corrected chi connectivity index (χ0v) is 29.5. The van der Waals surface area contributed by atoms with Crippen LogP contribution in [0.15, 0.2) is 0 Å². The summed E-state index contributed by atoms with van der Waals surface area (Å²) in [5.74, 6) is -0.251. The molecule has 0 radical (unpaired) electrons. The topological polar surface area (TPSA) is 98.8 Å². The summed E-state index contributed by atoms with van der Waals surface area (Å²) in [5.41, 5.74) is 0. The van der Waals surface area contributed by atoms with Crippen molar-refractivity contribution in [3.05, 3.63) is 0 Å². The molecule has 0 spiro atoms. The van der Waals surface area contributed by atoms with Crippen molar-refractivity contribution in [2.45, 2.75) is 136 Å². The maximum absolute atomic E-state index is 12.0. The van der Waals surface area contributed by atoms with Crippen LogP contribution < -0.4 is 0 Å². The third kappa shape index (κ3) is 33.9. The maximum Gasteiger partial charge on any atom is 0.308 e. The molecule has 0 fully saturated rings. The van der Waals surface area contributed by atoms with Crippen molar-refractivity contribution in [1.29, 1.82) is 0 Å². The summed E-state index contributed by atoms with van der Waals surface area (Å²) < 4.78 is 37.9. The molecule has 45 heavy (non-hydrogen) atoms. The summed E-state index contributed by atoms with van der Waals surface area (Å²) in [4.78, 5) is 23.9. The Morgan fingerprint density at radius 2 is 0.778 bits per heavy atom. The predicted molar refractivity (Wildman–Crippen MR) is 180 cm³/mol. The minimum absolute atomic E-state index is 0.00139. The van der Waals surface area contributed by atoms with Gasteiger partial charge in [-0.2, -0.15) is 0 Å². The fraction of sp³-hybridized carbons (Fsp3) is 0.944. The second kappa shape index (κ2) is 37.2. The second-order valence-electron chi connectivity index (χ2n) is 11.7. The molecule has 0 aliphatic heterocycles. The van der Waals surface area contributed by atoms with E-state index in [0.717, 1.165) is 38.5 Å². The van der Waals surface area contributed by atoms with Gasteiger partial charge >= 0.3 is 11.9 Å². The smallest absolute Gasteiger partial charge is 0.308 e. The minimum atomic E-state index is -0.132. The minimum Gasteiger partial charge on any atom is -0.463 e. The SMILES string of the molecule is CCCCCCCCCCCCCCCC(=O)OCCOCCOCCOCCOCCOCCOC(=O)C(CC)CCCC. The maximum atomic E-state index is 12.0. The van der Waals surface area contributed by atoms with Crippen LogP contribution in [0, 0.1) is 5.92 Å². The van der Waals surface area contributed by atoms with E-state index in [2.05, 4.69) is 13.8 Å². The lowest BCUT2D eigenvalue weighted by molar-refractivity contribution is -0.150. The van der Waals surface area contributed by atoms with Crippen molar-refractivity contribution in [1.82, 2.24) is 0 Å². The molecule has 1 unspecified atom stereocenters. The first-order valence-electron chi connectivity index (χ1n) is 18.4. The third-order valence-electron chi connectivity index (χ3n) is 7.67. The summed E-state index contributed by atoms with van der Waals surface area (Å²) >= 11 is 0. The first-order chi connectivity index (χ1) is 22.2. The van der Waals surface area contributed by atoms with Crippen LogP contribution in [-0.2, 0) is 42.7 Å². The molecule has 0 aromatic rings. The molecule has 0 bridgehead atoms. The zero-order chi connectivity index (χ0) is 32.9. The first kappa shape index (κ1) is 43.7. The lowest BCUT2D eigenvalue weighted by atomic mass is 10.00.